The number of hydrogen-bond donors (Lipinski definition) is 1. The largest absolute Gasteiger partial charge is 1.00 e. The second kappa shape index (κ2) is 14.4. The van der Waals surface area contributed by atoms with Crippen LogP contribution in [0.3, 0.4) is 0 Å². The minimum Gasteiger partial charge on any atom is -0.870 e. The molecular formula is C21H24Br2N5NaO4. The minimum atomic E-state index is -0.238. The fourth-order valence-corrected chi connectivity index (χ4v) is 3.32. The Kier molecular flexibility index (Phi) is 14.5. The summed E-state index contributed by atoms with van der Waals surface area (Å²) in [7, 11) is 3.29. The van der Waals surface area contributed by atoms with Crippen molar-refractivity contribution in [3.63, 3.8) is 0 Å². The third kappa shape index (κ3) is 7.29. The number of aromatic nitrogens is 4. The molecule has 4 heterocycles. The number of halogens is 2. The summed E-state index contributed by atoms with van der Waals surface area (Å²) in [6.07, 6.45) is 7.96. The van der Waals surface area contributed by atoms with Crippen LogP contribution in [0, 0.1) is 0 Å². The third-order valence-corrected chi connectivity index (χ3v) is 4.88. The van der Waals surface area contributed by atoms with Crippen molar-refractivity contribution in [1.82, 2.24) is 24.4 Å². The van der Waals surface area contributed by atoms with Gasteiger partial charge in [-0.05, 0) is 44.0 Å². The normalized spacial score (nSPS) is 9.21. The van der Waals surface area contributed by atoms with Crippen molar-refractivity contribution in [3.8, 4) is 0 Å². The number of aromatic amines is 1. The van der Waals surface area contributed by atoms with Crippen LogP contribution in [0.5, 0.6) is 0 Å². The van der Waals surface area contributed by atoms with E-state index in [9.17, 15) is 14.4 Å². The van der Waals surface area contributed by atoms with E-state index in [1.165, 1.54) is 15.7 Å². The first-order chi connectivity index (χ1) is 13.8. The van der Waals surface area contributed by atoms with Crippen molar-refractivity contribution in [2.75, 3.05) is 14.1 Å². The molecule has 0 bridgehead atoms. The van der Waals surface area contributed by atoms with Crippen LogP contribution in [0.4, 0.5) is 4.79 Å². The molecule has 4 rings (SSSR count). The fraction of sp³-hybridized carbons (Fsp3) is 0.190. The summed E-state index contributed by atoms with van der Waals surface area (Å²) in [6, 6.07) is 3.39. The summed E-state index contributed by atoms with van der Waals surface area (Å²) in [5.41, 5.74) is 2.30. The third-order valence-electron chi connectivity index (χ3n) is 4.01. The molecule has 12 heteroatoms. The average Bonchev–Trinajstić information content (AvgIpc) is 3.27. The van der Waals surface area contributed by atoms with Crippen LogP contribution >= 0.6 is 31.9 Å². The van der Waals surface area contributed by atoms with E-state index in [4.69, 9.17) is 0 Å². The molecule has 0 atom stereocenters. The molecule has 9 nitrogen and oxygen atoms in total. The van der Waals surface area contributed by atoms with E-state index in [1.54, 1.807) is 38.8 Å². The molecule has 33 heavy (non-hydrogen) atoms. The Morgan fingerprint density at radius 2 is 1.55 bits per heavy atom. The molecule has 4 aromatic rings. The van der Waals surface area contributed by atoms with Gasteiger partial charge in [-0.2, -0.15) is 0 Å². The van der Waals surface area contributed by atoms with Gasteiger partial charge in [0.05, 0.1) is 0 Å². The number of nitrogens with zero attached hydrogens (tertiary/aromatic N) is 4. The number of pyridine rings is 2. The maximum Gasteiger partial charge on any atom is 1.00 e. The topological polar surface area (TPSA) is 131 Å². The van der Waals surface area contributed by atoms with Crippen LogP contribution in [-0.4, -0.2) is 62.6 Å². The molecule has 0 fully saturated rings. The Bertz CT molecular complexity index is 1240. The number of H-pyrrole nitrogens is 1. The number of rotatable bonds is 2. The van der Waals surface area contributed by atoms with Gasteiger partial charge < -0.3 is 15.4 Å². The van der Waals surface area contributed by atoms with Gasteiger partial charge in [0.15, 0.2) is 12.6 Å². The van der Waals surface area contributed by atoms with Gasteiger partial charge in [0.1, 0.15) is 11.3 Å². The van der Waals surface area contributed by atoms with Gasteiger partial charge in [-0.25, -0.2) is 14.8 Å². The number of carbonyl (C=O) groups is 3. The molecule has 4 aromatic heterocycles. The number of hydrogen-bond acceptors (Lipinski definition) is 6. The van der Waals surface area contributed by atoms with Gasteiger partial charge in [0, 0.05) is 69.7 Å². The molecule has 0 aliphatic rings. The van der Waals surface area contributed by atoms with Crippen LogP contribution in [0.15, 0.2) is 45.9 Å². The van der Waals surface area contributed by atoms with Gasteiger partial charge in [-0.1, -0.05) is 14.9 Å². The van der Waals surface area contributed by atoms with Gasteiger partial charge in [0.25, 0.3) is 0 Å². The van der Waals surface area contributed by atoms with E-state index in [0.29, 0.717) is 22.2 Å². The minimum absolute atomic E-state index is 0. The molecule has 0 aromatic carbocycles. The van der Waals surface area contributed by atoms with E-state index in [-0.39, 0.29) is 55.9 Å². The van der Waals surface area contributed by atoms with E-state index < -0.39 is 0 Å². The van der Waals surface area contributed by atoms with Crippen LogP contribution in [0.1, 0.15) is 35.6 Å². The molecular weight excluding hydrogens is 569 g/mol. The van der Waals surface area contributed by atoms with Gasteiger partial charge in [-0.3, -0.25) is 14.2 Å². The first kappa shape index (κ1) is 33.3. The van der Waals surface area contributed by atoms with Crippen LogP contribution in [0.2, 0.25) is 0 Å². The molecule has 0 spiro atoms. The van der Waals surface area contributed by atoms with Crippen molar-refractivity contribution in [1.29, 1.82) is 0 Å². The molecule has 0 unspecified atom stereocenters. The maximum absolute atomic E-state index is 11.9. The standard InChI is InChI=1S/C11H10BrN3O2.C8H5BrN2O.2CH4.Na.H2O/c1-14(2)11(17)15-5-7(6-16)9-3-8(12)4-13-10(9)15;9-6-1-7-5(4-12)2-10-8(7)11-3-6;;;;/h3-6H,1-2H3;1-4H,(H,10,11);2*1H4;;1H2/q;;;;+1;/p-1. The van der Waals surface area contributed by atoms with E-state index >= 15 is 0 Å². The number of fused-ring (bicyclic) bond motifs is 2. The Labute approximate surface area is 230 Å². The van der Waals surface area contributed by atoms with E-state index in [0.717, 1.165) is 32.6 Å². The Morgan fingerprint density at radius 1 is 1.00 bits per heavy atom. The summed E-state index contributed by atoms with van der Waals surface area (Å²) in [5, 5.41) is 1.50. The van der Waals surface area contributed by atoms with Crippen molar-refractivity contribution < 1.29 is 49.4 Å². The summed E-state index contributed by atoms with van der Waals surface area (Å²) >= 11 is 6.58. The molecule has 0 aliphatic carbocycles. The molecule has 0 radical (unpaired) electrons. The Balaban J connectivity index is 0. The number of amides is 1. The molecule has 2 N–H and O–H groups in total. The fourth-order valence-electron chi connectivity index (χ4n) is 2.66. The zero-order valence-corrected chi connectivity index (χ0v) is 22.0. The van der Waals surface area contributed by atoms with Crippen LogP contribution in [0.25, 0.3) is 22.1 Å². The maximum atomic E-state index is 11.9. The monoisotopic (exact) mass is 591 g/mol. The van der Waals surface area contributed by atoms with Crippen molar-refractivity contribution in [2.24, 2.45) is 0 Å². The number of aldehydes is 2. The quantitative estimate of drug-likeness (QED) is 0.281. The summed E-state index contributed by atoms with van der Waals surface area (Å²) in [6.45, 7) is 0. The first-order valence-electron chi connectivity index (χ1n) is 8.27. The van der Waals surface area contributed by atoms with Crippen molar-refractivity contribution in [3.05, 3.63) is 57.0 Å². The predicted molar refractivity (Wildman–Crippen MR) is 132 cm³/mol. The van der Waals surface area contributed by atoms with Crippen molar-refractivity contribution >= 4 is 72.5 Å². The number of nitrogens with one attached hydrogen (secondary N) is 1. The summed E-state index contributed by atoms with van der Waals surface area (Å²) in [4.78, 5) is 46.0. The predicted octanol–water partition coefficient (Wildman–Crippen LogP) is 2.38. The Morgan fingerprint density at radius 3 is 2.09 bits per heavy atom. The zero-order chi connectivity index (χ0) is 21.1. The smallest absolute Gasteiger partial charge is 0.870 e. The summed E-state index contributed by atoms with van der Waals surface area (Å²) < 4.78 is 3.01. The van der Waals surface area contributed by atoms with Crippen molar-refractivity contribution in [2.45, 2.75) is 14.9 Å². The first-order valence-corrected chi connectivity index (χ1v) is 9.85. The molecule has 172 valence electrons. The average molecular weight is 593 g/mol. The number of carbonyl (C=O) groups excluding carboxylic acids is 3. The molecule has 1 amide bonds. The van der Waals surface area contributed by atoms with Gasteiger partial charge >= 0.3 is 35.6 Å². The molecule has 0 aliphatic heterocycles. The van der Waals surface area contributed by atoms with E-state index in [1.807, 2.05) is 6.07 Å². The van der Waals surface area contributed by atoms with E-state index in [2.05, 4.69) is 46.8 Å². The second-order valence-corrected chi connectivity index (χ2v) is 8.02. The molecule has 0 saturated carbocycles. The van der Waals surface area contributed by atoms with Crippen LogP contribution in [-0.2, 0) is 0 Å². The zero-order valence-electron chi connectivity index (χ0n) is 16.8. The molecule has 0 saturated heterocycles. The second-order valence-electron chi connectivity index (χ2n) is 6.19. The van der Waals surface area contributed by atoms with Gasteiger partial charge in [0.2, 0.25) is 0 Å². The summed E-state index contributed by atoms with van der Waals surface area (Å²) in [5.74, 6) is 0. The van der Waals surface area contributed by atoms with Crippen LogP contribution < -0.4 is 29.6 Å². The van der Waals surface area contributed by atoms with Gasteiger partial charge in [-0.15, -0.1) is 0 Å². The Hall–Kier alpha value is -1.89. The SMILES string of the molecule is C.C.CN(C)C(=O)n1cc(C=O)c2cc(Br)cnc21.O=Cc1c[nH]c2ncc(Br)cc12.[Na+].[OH-].